The van der Waals surface area contributed by atoms with Gasteiger partial charge in [0, 0.05) is 48.3 Å². The van der Waals surface area contributed by atoms with Crippen molar-refractivity contribution in [2.45, 2.75) is 44.9 Å². The molecule has 1 N–H and O–H groups in total. The molecule has 1 aromatic heterocycles. The summed E-state index contributed by atoms with van der Waals surface area (Å²) in [6.07, 6.45) is 1.16. The Morgan fingerprint density at radius 2 is 1.97 bits per heavy atom. The second-order valence-electron chi connectivity index (χ2n) is 9.37. The van der Waals surface area contributed by atoms with Crippen LogP contribution in [0.4, 0.5) is 5.69 Å². The lowest BCUT2D eigenvalue weighted by atomic mass is 9.86. The van der Waals surface area contributed by atoms with E-state index in [0.717, 1.165) is 22.2 Å². The summed E-state index contributed by atoms with van der Waals surface area (Å²) in [4.78, 5) is 44.9. The first-order valence-electron chi connectivity index (χ1n) is 11.9. The molecule has 1 unspecified atom stereocenters. The average molecular weight is 477 g/mol. The number of H-pyrrole nitrogens is 1. The molecule has 2 atom stereocenters. The third-order valence-corrected chi connectivity index (χ3v) is 6.76. The lowest BCUT2D eigenvalue weighted by Gasteiger charge is -2.47. The molecule has 182 valence electrons. The number of nitro groups is 1. The van der Waals surface area contributed by atoms with Gasteiger partial charge in [0.15, 0.2) is 0 Å². The number of nitrogens with zero attached hydrogens (tertiary/aromatic N) is 3. The number of benzene rings is 2. The van der Waals surface area contributed by atoms with Crippen molar-refractivity contribution in [2.75, 3.05) is 19.7 Å². The molecule has 0 saturated carbocycles. The standard InChI is InChI=1S/C26H28N4O5/c1-16(2)35-12-6-11-28-15-23(31)29-22(26(28)32)14-20-19-9-3-4-10-21(19)27-24(20)25(29)17-7-5-8-18(13-17)30(33)34/h3-5,7-10,13,16,22,25,27H,6,11-12,14-15H2,1-2H3/t22-,25?/m1/s1. The largest absolute Gasteiger partial charge is 0.379 e. The average Bonchev–Trinajstić information content (AvgIpc) is 3.21. The molecule has 2 aliphatic rings. The van der Waals surface area contributed by atoms with E-state index in [1.54, 1.807) is 21.9 Å². The van der Waals surface area contributed by atoms with Crippen LogP contribution in [0.1, 0.15) is 43.1 Å². The molecule has 2 aromatic carbocycles. The number of para-hydroxylation sites is 1. The summed E-state index contributed by atoms with van der Waals surface area (Å²) in [6, 6.07) is 12.9. The van der Waals surface area contributed by atoms with Gasteiger partial charge in [-0.15, -0.1) is 0 Å². The highest BCUT2D eigenvalue weighted by molar-refractivity contribution is 5.97. The summed E-state index contributed by atoms with van der Waals surface area (Å²) in [7, 11) is 0. The number of carbonyl (C=O) groups is 2. The van der Waals surface area contributed by atoms with Gasteiger partial charge in [-0.25, -0.2) is 0 Å². The molecule has 3 aromatic rings. The van der Waals surface area contributed by atoms with E-state index in [4.69, 9.17) is 4.74 Å². The monoisotopic (exact) mass is 476 g/mol. The molecule has 0 bridgehead atoms. The van der Waals surface area contributed by atoms with Crippen molar-refractivity contribution in [3.63, 3.8) is 0 Å². The number of hydrogen-bond donors (Lipinski definition) is 1. The van der Waals surface area contributed by atoms with Gasteiger partial charge in [0.2, 0.25) is 11.8 Å². The van der Waals surface area contributed by atoms with Crippen molar-refractivity contribution in [3.05, 3.63) is 75.5 Å². The van der Waals surface area contributed by atoms with Crippen LogP contribution in [0.5, 0.6) is 0 Å². The van der Waals surface area contributed by atoms with Crippen molar-refractivity contribution in [1.29, 1.82) is 0 Å². The molecule has 2 amide bonds. The molecular formula is C26H28N4O5. The van der Waals surface area contributed by atoms with E-state index in [-0.39, 0.29) is 30.2 Å². The highest BCUT2D eigenvalue weighted by Crippen LogP contribution is 2.43. The van der Waals surface area contributed by atoms with Gasteiger partial charge in [-0.05, 0) is 37.5 Å². The fourth-order valence-corrected chi connectivity index (χ4v) is 5.24. The third-order valence-electron chi connectivity index (χ3n) is 6.76. The molecule has 3 heterocycles. The first-order valence-corrected chi connectivity index (χ1v) is 11.9. The Morgan fingerprint density at radius 1 is 1.17 bits per heavy atom. The summed E-state index contributed by atoms with van der Waals surface area (Å²) in [5, 5.41) is 12.5. The lowest BCUT2D eigenvalue weighted by Crippen LogP contribution is -2.63. The quantitative estimate of drug-likeness (QED) is 0.319. The first-order chi connectivity index (χ1) is 16.8. The molecular weight excluding hydrogens is 448 g/mol. The highest BCUT2D eigenvalue weighted by atomic mass is 16.6. The number of carbonyl (C=O) groups excluding carboxylic acids is 2. The number of amides is 2. The van der Waals surface area contributed by atoms with Crippen molar-refractivity contribution < 1.29 is 19.2 Å². The van der Waals surface area contributed by atoms with E-state index < -0.39 is 17.0 Å². The number of nitro benzene ring substituents is 1. The van der Waals surface area contributed by atoms with Crippen LogP contribution in [-0.2, 0) is 20.7 Å². The molecule has 1 saturated heterocycles. The van der Waals surface area contributed by atoms with Crippen LogP contribution in [0.15, 0.2) is 48.5 Å². The van der Waals surface area contributed by atoms with E-state index in [1.165, 1.54) is 12.1 Å². The fourth-order valence-electron chi connectivity index (χ4n) is 5.24. The van der Waals surface area contributed by atoms with Gasteiger partial charge in [0.25, 0.3) is 5.69 Å². The number of piperazine rings is 1. The summed E-state index contributed by atoms with van der Waals surface area (Å²) >= 11 is 0. The number of nitrogens with one attached hydrogen (secondary N) is 1. The van der Waals surface area contributed by atoms with Crippen LogP contribution in [0, 0.1) is 10.1 Å². The predicted octanol–water partition coefficient (Wildman–Crippen LogP) is 3.58. The van der Waals surface area contributed by atoms with Gasteiger partial charge in [-0.3, -0.25) is 19.7 Å². The van der Waals surface area contributed by atoms with Crippen LogP contribution >= 0.6 is 0 Å². The number of fused-ring (bicyclic) bond motifs is 4. The molecule has 0 spiro atoms. The Bertz CT molecular complexity index is 1300. The Labute approximate surface area is 202 Å². The predicted molar refractivity (Wildman–Crippen MR) is 130 cm³/mol. The fraction of sp³-hybridized carbons (Fsp3) is 0.385. The SMILES string of the molecule is CC(C)OCCCN1CC(=O)N2C(c3cccc([N+](=O)[O-])c3)c3[nH]c4ccccc4c3C[C@@H]2C1=O. The van der Waals surface area contributed by atoms with Crippen LogP contribution < -0.4 is 0 Å². The first kappa shape index (κ1) is 23.0. The number of aromatic amines is 1. The van der Waals surface area contributed by atoms with Crippen molar-refractivity contribution in [1.82, 2.24) is 14.8 Å². The number of aromatic nitrogens is 1. The van der Waals surface area contributed by atoms with Gasteiger partial charge >= 0.3 is 0 Å². The van der Waals surface area contributed by atoms with E-state index >= 15 is 0 Å². The zero-order valence-electron chi connectivity index (χ0n) is 19.8. The lowest BCUT2D eigenvalue weighted by molar-refractivity contribution is -0.384. The van der Waals surface area contributed by atoms with E-state index in [9.17, 15) is 19.7 Å². The molecule has 2 aliphatic heterocycles. The van der Waals surface area contributed by atoms with E-state index in [2.05, 4.69) is 4.98 Å². The summed E-state index contributed by atoms with van der Waals surface area (Å²) in [5.74, 6) is -0.263. The van der Waals surface area contributed by atoms with Gasteiger partial charge in [0.1, 0.15) is 6.04 Å². The van der Waals surface area contributed by atoms with Crippen LogP contribution in [0.25, 0.3) is 10.9 Å². The van der Waals surface area contributed by atoms with Gasteiger partial charge < -0.3 is 19.5 Å². The Morgan fingerprint density at radius 3 is 2.74 bits per heavy atom. The maximum atomic E-state index is 13.6. The minimum absolute atomic E-state index is 0.0159. The van der Waals surface area contributed by atoms with Crippen molar-refractivity contribution >= 4 is 28.4 Å². The minimum Gasteiger partial charge on any atom is -0.379 e. The zero-order valence-corrected chi connectivity index (χ0v) is 19.8. The second kappa shape index (κ2) is 9.14. The smallest absolute Gasteiger partial charge is 0.269 e. The summed E-state index contributed by atoms with van der Waals surface area (Å²) < 4.78 is 5.60. The number of rotatable bonds is 7. The molecule has 0 radical (unpaired) electrons. The topological polar surface area (TPSA) is 109 Å². The molecule has 5 rings (SSSR count). The number of ether oxygens (including phenoxy) is 1. The third kappa shape index (κ3) is 4.16. The molecule has 35 heavy (non-hydrogen) atoms. The maximum absolute atomic E-state index is 13.6. The number of non-ortho nitro benzene ring substituents is 1. The van der Waals surface area contributed by atoms with Crippen molar-refractivity contribution in [3.8, 4) is 0 Å². The zero-order chi connectivity index (χ0) is 24.7. The maximum Gasteiger partial charge on any atom is 0.269 e. The second-order valence-corrected chi connectivity index (χ2v) is 9.37. The van der Waals surface area contributed by atoms with E-state index in [0.29, 0.717) is 31.6 Å². The highest BCUT2D eigenvalue weighted by Gasteiger charge is 2.48. The number of hydrogen-bond acceptors (Lipinski definition) is 5. The van der Waals surface area contributed by atoms with Crippen LogP contribution in [0.3, 0.4) is 0 Å². The Balaban J connectivity index is 1.55. The Kier molecular flexibility index (Phi) is 6.02. The normalized spacial score (nSPS) is 19.9. The molecule has 1 fully saturated rings. The van der Waals surface area contributed by atoms with Gasteiger partial charge in [-0.2, -0.15) is 0 Å². The Hall–Kier alpha value is -3.72. The molecule has 9 heteroatoms. The molecule has 9 nitrogen and oxygen atoms in total. The summed E-state index contributed by atoms with van der Waals surface area (Å²) in [6.45, 7) is 4.87. The molecule has 0 aliphatic carbocycles. The minimum atomic E-state index is -0.668. The van der Waals surface area contributed by atoms with Gasteiger partial charge in [-0.1, -0.05) is 30.3 Å². The van der Waals surface area contributed by atoms with Crippen molar-refractivity contribution in [2.24, 2.45) is 0 Å². The van der Waals surface area contributed by atoms with Crippen LogP contribution in [-0.4, -0.2) is 63.4 Å². The summed E-state index contributed by atoms with van der Waals surface area (Å²) in [5.41, 5.74) is 3.25. The van der Waals surface area contributed by atoms with Gasteiger partial charge in [0.05, 0.1) is 23.6 Å². The van der Waals surface area contributed by atoms with Crippen LogP contribution in [0.2, 0.25) is 0 Å². The van der Waals surface area contributed by atoms with E-state index in [1.807, 2.05) is 38.1 Å².